The Kier molecular flexibility index (Phi) is 5.14. The molecule has 0 saturated heterocycles. The molecule has 0 fully saturated rings. The van der Waals surface area contributed by atoms with Crippen molar-refractivity contribution in [3.05, 3.63) is 66.5 Å². The zero-order chi connectivity index (χ0) is 17.6. The van der Waals surface area contributed by atoms with Crippen LogP contribution in [0.4, 0.5) is 10.5 Å². The van der Waals surface area contributed by atoms with Crippen LogP contribution in [0.1, 0.15) is 25.3 Å². The van der Waals surface area contributed by atoms with Crippen molar-refractivity contribution in [1.29, 1.82) is 0 Å². The van der Waals surface area contributed by atoms with Crippen LogP contribution in [0.5, 0.6) is 0 Å². The van der Waals surface area contributed by atoms with Gasteiger partial charge in [0.1, 0.15) is 0 Å². The van der Waals surface area contributed by atoms with E-state index in [0.717, 1.165) is 17.7 Å². The van der Waals surface area contributed by atoms with Crippen molar-refractivity contribution < 1.29 is 4.79 Å². The molecule has 0 aliphatic heterocycles. The number of hydrogen-bond donors (Lipinski definition) is 2. The lowest BCUT2D eigenvalue weighted by Crippen LogP contribution is -2.18. The second kappa shape index (κ2) is 7.66. The van der Waals surface area contributed by atoms with Gasteiger partial charge in [0.25, 0.3) is 0 Å². The first-order valence-electron chi connectivity index (χ1n) is 8.46. The average molecular weight is 334 g/mol. The van der Waals surface area contributed by atoms with Crippen LogP contribution in [0.2, 0.25) is 0 Å². The first-order chi connectivity index (χ1) is 12.2. The highest BCUT2D eigenvalue weighted by Gasteiger charge is 2.05. The van der Waals surface area contributed by atoms with Crippen LogP contribution in [-0.4, -0.2) is 15.8 Å². The Balaban J connectivity index is 1.81. The van der Waals surface area contributed by atoms with Gasteiger partial charge in [-0.25, -0.2) is 9.48 Å². The number of anilines is 1. The fraction of sp³-hybridized carbons (Fsp3) is 0.200. The molecule has 3 aromatic rings. The minimum Gasteiger partial charge on any atom is -0.351 e. The molecule has 0 unspecified atom stereocenters. The molecule has 0 aliphatic carbocycles. The van der Waals surface area contributed by atoms with Gasteiger partial charge >= 0.3 is 6.03 Å². The van der Waals surface area contributed by atoms with Crippen LogP contribution in [0.15, 0.2) is 60.9 Å². The summed E-state index contributed by atoms with van der Waals surface area (Å²) in [5.74, 6) is 0. The molecule has 5 nitrogen and oxygen atoms in total. The van der Waals surface area contributed by atoms with Crippen LogP contribution in [0.3, 0.4) is 0 Å². The van der Waals surface area contributed by atoms with Gasteiger partial charge in [-0.3, -0.25) is 0 Å². The maximum Gasteiger partial charge on any atom is 0.316 e. The molecule has 0 bridgehead atoms. The summed E-state index contributed by atoms with van der Waals surface area (Å²) in [5, 5.41) is 6.79. The molecular weight excluding hydrogens is 312 g/mol. The molecule has 128 valence electrons. The zero-order valence-corrected chi connectivity index (χ0v) is 14.3. The van der Waals surface area contributed by atoms with E-state index in [1.807, 2.05) is 12.1 Å². The standard InChI is InChI=1S/C20H22N4O/c1-2-3-5-15-8-10-16(11-9-15)17-6-4-7-19(12-17)24-14-18(13-22-24)23-20(21)25/h4,6-14H,2-3,5H2,1H3,(H3,21,23,25). The summed E-state index contributed by atoms with van der Waals surface area (Å²) in [6, 6.07) is 16.2. The number of nitrogens with zero attached hydrogens (tertiary/aromatic N) is 2. The maximum atomic E-state index is 10.9. The predicted molar refractivity (Wildman–Crippen MR) is 101 cm³/mol. The summed E-state index contributed by atoms with van der Waals surface area (Å²) in [4.78, 5) is 10.9. The first kappa shape index (κ1) is 16.8. The van der Waals surface area contributed by atoms with Crippen molar-refractivity contribution in [3.8, 4) is 16.8 Å². The van der Waals surface area contributed by atoms with Crippen LogP contribution >= 0.6 is 0 Å². The highest BCUT2D eigenvalue weighted by Crippen LogP contribution is 2.23. The number of carbonyl (C=O) groups excluding carboxylic acids is 1. The summed E-state index contributed by atoms with van der Waals surface area (Å²) in [7, 11) is 0. The van der Waals surface area contributed by atoms with E-state index in [0.29, 0.717) is 5.69 Å². The smallest absolute Gasteiger partial charge is 0.316 e. The van der Waals surface area contributed by atoms with E-state index in [9.17, 15) is 4.79 Å². The van der Waals surface area contributed by atoms with Crippen molar-refractivity contribution in [2.45, 2.75) is 26.2 Å². The molecule has 0 atom stereocenters. The average Bonchev–Trinajstić information content (AvgIpc) is 3.08. The molecule has 0 aliphatic rings. The van der Waals surface area contributed by atoms with E-state index in [4.69, 9.17) is 5.73 Å². The summed E-state index contributed by atoms with van der Waals surface area (Å²) in [6.07, 6.45) is 6.85. The van der Waals surface area contributed by atoms with Crippen molar-refractivity contribution in [2.24, 2.45) is 5.73 Å². The minimum absolute atomic E-state index is 0.568. The highest BCUT2D eigenvalue weighted by atomic mass is 16.2. The molecule has 5 heteroatoms. The number of unbranched alkanes of at least 4 members (excludes halogenated alkanes) is 1. The lowest BCUT2D eigenvalue weighted by Gasteiger charge is -2.07. The fourth-order valence-electron chi connectivity index (χ4n) is 2.74. The van der Waals surface area contributed by atoms with Gasteiger partial charge in [-0.05, 0) is 41.7 Å². The molecule has 1 aromatic heterocycles. The largest absolute Gasteiger partial charge is 0.351 e. The van der Waals surface area contributed by atoms with Crippen molar-refractivity contribution in [1.82, 2.24) is 9.78 Å². The monoisotopic (exact) mass is 334 g/mol. The number of hydrogen-bond acceptors (Lipinski definition) is 2. The number of carbonyl (C=O) groups is 1. The van der Waals surface area contributed by atoms with Crippen molar-refractivity contribution in [2.75, 3.05) is 5.32 Å². The van der Waals surface area contributed by atoms with E-state index >= 15 is 0 Å². The number of urea groups is 1. The zero-order valence-electron chi connectivity index (χ0n) is 14.3. The van der Waals surface area contributed by atoms with Gasteiger partial charge in [-0.15, -0.1) is 0 Å². The van der Waals surface area contributed by atoms with Gasteiger partial charge in [0.2, 0.25) is 0 Å². The number of rotatable bonds is 6. The molecule has 2 aromatic carbocycles. The summed E-state index contributed by atoms with van der Waals surface area (Å²) >= 11 is 0. The lowest BCUT2D eigenvalue weighted by atomic mass is 10.0. The molecule has 3 rings (SSSR count). The van der Waals surface area contributed by atoms with E-state index < -0.39 is 6.03 Å². The Labute approximate surface area is 147 Å². The molecular formula is C20H22N4O. The topological polar surface area (TPSA) is 72.9 Å². The summed E-state index contributed by atoms with van der Waals surface area (Å²) in [6.45, 7) is 2.21. The maximum absolute atomic E-state index is 10.9. The fourth-order valence-corrected chi connectivity index (χ4v) is 2.74. The van der Waals surface area contributed by atoms with Crippen LogP contribution in [0.25, 0.3) is 16.8 Å². The van der Waals surface area contributed by atoms with Gasteiger partial charge in [0, 0.05) is 0 Å². The Morgan fingerprint density at radius 3 is 2.68 bits per heavy atom. The number of aryl methyl sites for hydroxylation is 1. The lowest BCUT2D eigenvalue weighted by molar-refractivity contribution is 0.259. The molecule has 3 N–H and O–H groups in total. The number of nitrogens with two attached hydrogens (primary N) is 1. The number of amides is 2. The van der Waals surface area contributed by atoms with Gasteiger partial charge < -0.3 is 11.1 Å². The number of nitrogens with one attached hydrogen (secondary N) is 1. The van der Waals surface area contributed by atoms with Gasteiger partial charge in [-0.1, -0.05) is 49.7 Å². The Morgan fingerprint density at radius 2 is 1.96 bits per heavy atom. The minimum atomic E-state index is -0.600. The first-order valence-corrected chi connectivity index (χ1v) is 8.46. The molecule has 0 radical (unpaired) electrons. The molecule has 2 amide bonds. The van der Waals surface area contributed by atoms with Crippen molar-refractivity contribution >= 4 is 11.7 Å². The van der Waals surface area contributed by atoms with Gasteiger partial charge in [-0.2, -0.15) is 5.10 Å². The van der Waals surface area contributed by atoms with Crippen LogP contribution < -0.4 is 11.1 Å². The highest BCUT2D eigenvalue weighted by molar-refractivity contribution is 5.87. The number of aromatic nitrogens is 2. The predicted octanol–water partition coefficient (Wildman–Crippen LogP) is 4.37. The normalized spacial score (nSPS) is 10.6. The Hall–Kier alpha value is -3.08. The number of primary amides is 1. The van der Waals surface area contributed by atoms with E-state index in [1.54, 1.807) is 17.1 Å². The third kappa shape index (κ3) is 4.26. The quantitative estimate of drug-likeness (QED) is 0.702. The molecule has 25 heavy (non-hydrogen) atoms. The van der Waals surface area contributed by atoms with Crippen LogP contribution in [-0.2, 0) is 6.42 Å². The number of benzene rings is 2. The Bertz CT molecular complexity index is 852. The molecule has 0 spiro atoms. The van der Waals surface area contributed by atoms with Crippen LogP contribution in [0, 0.1) is 0 Å². The second-order valence-corrected chi connectivity index (χ2v) is 6.01. The SMILES string of the molecule is CCCCc1ccc(-c2cccc(-n3cc(NC(N)=O)cn3)c2)cc1. The van der Waals surface area contributed by atoms with E-state index in [2.05, 4.69) is 53.7 Å². The van der Waals surface area contributed by atoms with Crippen molar-refractivity contribution in [3.63, 3.8) is 0 Å². The van der Waals surface area contributed by atoms with E-state index in [1.165, 1.54) is 24.0 Å². The Morgan fingerprint density at radius 1 is 1.16 bits per heavy atom. The second-order valence-electron chi connectivity index (χ2n) is 6.01. The third-order valence-corrected chi connectivity index (χ3v) is 4.07. The van der Waals surface area contributed by atoms with Gasteiger partial charge in [0.05, 0.1) is 23.8 Å². The molecule has 0 saturated carbocycles. The molecule has 1 heterocycles. The van der Waals surface area contributed by atoms with Gasteiger partial charge in [0.15, 0.2) is 0 Å². The third-order valence-electron chi connectivity index (χ3n) is 4.07. The summed E-state index contributed by atoms with van der Waals surface area (Å²) in [5.41, 5.74) is 10.3. The van der Waals surface area contributed by atoms with E-state index in [-0.39, 0.29) is 0 Å². The summed E-state index contributed by atoms with van der Waals surface area (Å²) < 4.78 is 1.71.